The molecule has 4 heteroatoms. The van der Waals surface area contributed by atoms with Gasteiger partial charge in [0, 0.05) is 29.2 Å². The highest BCUT2D eigenvalue weighted by atomic mass is 79.9. The molecule has 0 aliphatic heterocycles. The van der Waals surface area contributed by atoms with Gasteiger partial charge in [0.2, 0.25) is 0 Å². The first kappa shape index (κ1) is 10.6. The zero-order chi connectivity index (χ0) is 10.8. The minimum atomic E-state index is 0.482. The van der Waals surface area contributed by atoms with Crippen LogP contribution in [-0.4, -0.2) is 19.4 Å². The first-order valence-electron chi connectivity index (χ1n) is 5.10. The molecule has 0 radical (unpaired) electrons. The summed E-state index contributed by atoms with van der Waals surface area (Å²) in [7, 11) is 0. The van der Waals surface area contributed by atoms with Crippen LogP contribution in [0.3, 0.4) is 0 Å². The largest absolute Gasteiger partial charge is 0.234 e. The highest BCUT2D eigenvalue weighted by molar-refractivity contribution is 9.09. The second-order valence-corrected chi connectivity index (χ2v) is 5.19. The molecule has 15 heavy (non-hydrogen) atoms. The van der Waals surface area contributed by atoms with E-state index in [0.717, 1.165) is 17.8 Å². The van der Waals surface area contributed by atoms with Gasteiger partial charge in [0.15, 0.2) is 5.65 Å². The smallest absolute Gasteiger partial charge is 0.155 e. The molecular formula is C11H14BrN3. The van der Waals surface area contributed by atoms with Crippen molar-refractivity contribution in [1.29, 1.82) is 0 Å². The van der Waals surface area contributed by atoms with Crippen molar-refractivity contribution < 1.29 is 0 Å². The molecule has 0 saturated carbocycles. The number of alkyl halides is 1. The summed E-state index contributed by atoms with van der Waals surface area (Å²) >= 11 is 3.67. The summed E-state index contributed by atoms with van der Waals surface area (Å²) < 4.78 is 1.78. The Labute approximate surface area is 97.6 Å². The molecule has 0 aliphatic carbocycles. The SMILES string of the molecule is CC(C)C(Br)Cc1ccn2nccc2n1. The molecule has 0 saturated heterocycles. The molecule has 0 N–H and O–H groups in total. The summed E-state index contributed by atoms with van der Waals surface area (Å²) in [5.41, 5.74) is 2.02. The van der Waals surface area contributed by atoms with E-state index in [1.165, 1.54) is 0 Å². The van der Waals surface area contributed by atoms with Crippen LogP contribution in [0.25, 0.3) is 5.65 Å². The van der Waals surface area contributed by atoms with E-state index in [4.69, 9.17) is 0 Å². The summed E-state index contributed by atoms with van der Waals surface area (Å²) in [4.78, 5) is 5.01. The number of nitrogens with zero attached hydrogens (tertiary/aromatic N) is 3. The monoisotopic (exact) mass is 267 g/mol. The Kier molecular flexibility index (Phi) is 3.05. The van der Waals surface area contributed by atoms with Crippen LogP contribution >= 0.6 is 15.9 Å². The van der Waals surface area contributed by atoms with Gasteiger partial charge >= 0.3 is 0 Å². The molecular weight excluding hydrogens is 254 g/mol. The number of aromatic nitrogens is 3. The molecule has 0 bridgehead atoms. The zero-order valence-corrected chi connectivity index (χ0v) is 10.5. The van der Waals surface area contributed by atoms with E-state index in [1.807, 2.05) is 18.3 Å². The first-order chi connectivity index (χ1) is 7.16. The molecule has 2 rings (SSSR count). The van der Waals surface area contributed by atoms with Crippen LogP contribution in [0.4, 0.5) is 0 Å². The van der Waals surface area contributed by atoms with E-state index < -0.39 is 0 Å². The average Bonchev–Trinajstić information content (AvgIpc) is 2.64. The number of fused-ring (bicyclic) bond motifs is 1. The normalized spacial score (nSPS) is 13.6. The number of halogens is 1. The van der Waals surface area contributed by atoms with Gasteiger partial charge in [-0.1, -0.05) is 29.8 Å². The summed E-state index contributed by atoms with van der Waals surface area (Å²) in [5.74, 6) is 0.618. The van der Waals surface area contributed by atoms with Gasteiger partial charge in [0.25, 0.3) is 0 Å². The molecule has 3 nitrogen and oxygen atoms in total. The molecule has 80 valence electrons. The number of hydrogen-bond donors (Lipinski definition) is 0. The third kappa shape index (κ3) is 2.37. The average molecular weight is 268 g/mol. The van der Waals surface area contributed by atoms with Crippen LogP contribution in [0.15, 0.2) is 24.5 Å². The predicted molar refractivity (Wildman–Crippen MR) is 64.2 cm³/mol. The molecule has 1 atom stereocenters. The summed E-state index contributed by atoms with van der Waals surface area (Å²) in [6.07, 6.45) is 4.68. The molecule has 2 heterocycles. The molecule has 0 aromatic carbocycles. The van der Waals surface area contributed by atoms with Crippen molar-refractivity contribution in [3.8, 4) is 0 Å². The molecule has 2 aromatic heterocycles. The zero-order valence-electron chi connectivity index (χ0n) is 8.89. The lowest BCUT2D eigenvalue weighted by Gasteiger charge is -2.12. The quantitative estimate of drug-likeness (QED) is 0.801. The van der Waals surface area contributed by atoms with Crippen LogP contribution in [0.1, 0.15) is 19.5 Å². The topological polar surface area (TPSA) is 30.2 Å². The Morgan fingerprint density at radius 1 is 1.40 bits per heavy atom. The predicted octanol–water partition coefficient (Wildman–Crippen LogP) is 2.69. The van der Waals surface area contributed by atoms with E-state index in [0.29, 0.717) is 10.7 Å². The van der Waals surface area contributed by atoms with Gasteiger partial charge in [0.1, 0.15) is 0 Å². The minimum absolute atomic E-state index is 0.482. The Morgan fingerprint density at radius 2 is 2.20 bits per heavy atom. The Hall–Kier alpha value is -0.900. The highest BCUT2D eigenvalue weighted by Gasteiger charge is 2.11. The highest BCUT2D eigenvalue weighted by Crippen LogP contribution is 2.16. The third-order valence-corrected chi connectivity index (χ3v) is 3.82. The van der Waals surface area contributed by atoms with Crippen molar-refractivity contribution >= 4 is 21.6 Å². The van der Waals surface area contributed by atoms with Crippen molar-refractivity contribution in [3.05, 3.63) is 30.2 Å². The minimum Gasteiger partial charge on any atom is -0.234 e. The lowest BCUT2D eigenvalue weighted by atomic mass is 10.1. The van der Waals surface area contributed by atoms with Crippen molar-refractivity contribution in [2.75, 3.05) is 0 Å². The standard InChI is InChI=1S/C11H14BrN3/c1-8(2)10(12)7-9-4-6-15-11(14-9)3-5-13-15/h3-6,8,10H,7H2,1-2H3. The van der Waals surface area contributed by atoms with Crippen molar-refractivity contribution in [3.63, 3.8) is 0 Å². The van der Waals surface area contributed by atoms with Crippen molar-refractivity contribution in [2.24, 2.45) is 5.92 Å². The third-order valence-electron chi connectivity index (χ3n) is 2.44. The molecule has 0 aliphatic rings. The lowest BCUT2D eigenvalue weighted by Crippen LogP contribution is -2.11. The second-order valence-electron chi connectivity index (χ2n) is 4.02. The van der Waals surface area contributed by atoms with Crippen LogP contribution in [0, 0.1) is 5.92 Å². The molecule has 0 fully saturated rings. The van der Waals surface area contributed by atoms with E-state index in [1.54, 1.807) is 10.7 Å². The summed E-state index contributed by atoms with van der Waals surface area (Å²) in [6, 6.07) is 3.94. The fourth-order valence-corrected chi connectivity index (χ4v) is 1.73. The van der Waals surface area contributed by atoms with Crippen LogP contribution in [0.5, 0.6) is 0 Å². The van der Waals surface area contributed by atoms with Gasteiger partial charge < -0.3 is 0 Å². The lowest BCUT2D eigenvalue weighted by molar-refractivity contribution is 0.607. The van der Waals surface area contributed by atoms with Gasteiger partial charge in [-0.3, -0.25) is 0 Å². The van der Waals surface area contributed by atoms with Crippen LogP contribution in [-0.2, 0) is 6.42 Å². The maximum absolute atomic E-state index is 4.53. The van der Waals surface area contributed by atoms with Crippen LogP contribution < -0.4 is 0 Å². The van der Waals surface area contributed by atoms with Gasteiger partial charge in [0.05, 0.1) is 6.20 Å². The van der Waals surface area contributed by atoms with Crippen LogP contribution in [0.2, 0.25) is 0 Å². The maximum atomic E-state index is 4.53. The van der Waals surface area contributed by atoms with Gasteiger partial charge in [-0.25, -0.2) is 9.50 Å². The van der Waals surface area contributed by atoms with E-state index in [-0.39, 0.29) is 0 Å². The maximum Gasteiger partial charge on any atom is 0.155 e. The number of hydrogen-bond acceptors (Lipinski definition) is 2. The fourth-order valence-electron chi connectivity index (χ4n) is 1.40. The summed E-state index contributed by atoms with van der Waals surface area (Å²) in [5, 5.41) is 4.12. The number of rotatable bonds is 3. The van der Waals surface area contributed by atoms with Gasteiger partial charge in [-0.15, -0.1) is 0 Å². The summed E-state index contributed by atoms with van der Waals surface area (Å²) in [6.45, 7) is 4.41. The second kappa shape index (κ2) is 4.31. The Morgan fingerprint density at radius 3 is 2.93 bits per heavy atom. The molecule has 0 amide bonds. The Bertz CT molecular complexity index is 450. The van der Waals surface area contributed by atoms with Crippen molar-refractivity contribution in [1.82, 2.24) is 14.6 Å². The van der Waals surface area contributed by atoms with E-state index >= 15 is 0 Å². The van der Waals surface area contributed by atoms with E-state index in [2.05, 4.69) is 39.9 Å². The van der Waals surface area contributed by atoms with Gasteiger partial charge in [-0.05, 0) is 12.0 Å². The van der Waals surface area contributed by atoms with E-state index in [9.17, 15) is 0 Å². The van der Waals surface area contributed by atoms with Gasteiger partial charge in [-0.2, -0.15) is 5.10 Å². The Balaban J connectivity index is 2.21. The molecule has 2 aromatic rings. The van der Waals surface area contributed by atoms with Crippen molar-refractivity contribution in [2.45, 2.75) is 25.1 Å². The molecule has 0 spiro atoms. The first-order valence-corrected chi connectivity index (χ1v) is 6.01. The fraction of sp³-hybridized carbons (Fsp3) is 0.455. The molecule has 1 unspecified atom stereocenters.